The molecular formula is C24H25N7O2. The predicted molar refractivity (Wildman–Crippen MR) is 124 cm³/mol. The van der Waals surface area contributed by atoms with Crippen LogP contribution >= 0.6 is 0 Å². The molecule has 6 rings (SSSR count). The van der Waals surface area contributed by atoms with Gasteiger partial charge in [-0.25, -0.2) is 14.5 Å². The molecule has 1 aliphatic heterocycles. The van der Waals surface area contributed by atoms with E-state index in [-0.39, 0.29) is 17.9 Å². The van der Waals surface area contributed by atoms with Gasteiger partial charge in [0.25, 0.3) is 0 Å². The molecule has 33 heavy (non-hydrogen) atoms. The van der Waals surface area contributed by atoms with Crippen LogP contribution in [0.2, 0.25) is 0 Å². The average molecular weight is 444 g/mol. The first-order valence-electron chi connectivity index (χ1n) is 11.3. The summed E-state index contributed by atoms with van der Waals surface area (Å²) < 4.78 is 7.88. The number of aromatic nitrogens is 5. The summed E-state index contributed by atoms with van der Waals surface area (Å²) in [5.74, 6) is 2.02. The second-order valence-corrected chi connectivity index (χ2v) is 9.03. The summed E-state index contributed by atoms with van der Waals surface area (Å²) in [6, 6.07) is 5.74. The normalized spacial score (nSPS) is 18.8. The lowest BCUT2D eigenvalue weighted by Crippen LogP contribution is -2.21. The van der Waals surface area contributed by atoms with E-state index in [9.17, 15) is 4.79 Å². The molecule has 1 saturated carbocycles. The quantitative estimate of drug-likeness (QED) is 0.506. The Bertz CT molecular complexity index is 1380. The number of aryl methyl sites for hydroxylation is 1. The molecule has 1 N–H and O–H groups in total. The van der Waals surface area contributed by atoms with Gasteiger partial charge in [-0.15, -0.1) is 5.10 Å². The summed E-state index contributed by atoms with van der Waals surface area (Å²) in [5, 5.41) is 9.45. The van der Waals surface area contributed by atoms with Crippen molar-refractivity contribution in [1.29, 1.82) is 0 Å². The van der Waals surface area contributed by atoms with E-state index in [0.29, 0.717) is 11.6 Å². The fourth-order valence-electron chi connectivity index (χ4n) is 4.32. The molecule has 0 bridgehead atoms. The first-order chi connectivity index (χ1) is 16.0. The van der Waals surface area contributed by atoms with E-state index >= 15 is 0 Å². The summed E-state index contributed by atoms with van der Waals surface area (Å²) in [6.07, 6.45) is 8.51. The molecule has 2 aliphatic rings. The molecule has 1 aliphatic carbocycles. The number of carbonyl (C=O) groups is 1. The maximum Gasteiger partial charge on any atom is 0.228 e. The van der Waals surface area contributed by atoms with Crippen LogP contribution in [0.3, 0.4) is 0 Å². The van der Waals surface area contributed by atoms with Crippen molar-refractivity contribution in [3.63, 3.8) is 0 Å². The van der Waals surface area contributed by atoms with Gasteiger partial charge >= 0.3 is 0 Å². The number of nitrogens with one attached hydrogen (secondary N) is 1. The summed E-state index contributed by atoms with van der Waals surface area (Å²) in [4.78, 5) is 28.2. The highest BCUT2D eigenvalue weighted by Gasteiger charge is 2.30. The highest BCUT2D eigenvalue weighted by molar-refractivity contribution is 5.99. The number of fused-ring (bicyclic) bond motifs is 2. The van der Waals surface area contributed by atoms with Crippen molar-refractivity contribution in [1.82, 2.24) is 29.5 Å². The zero-order valence-electron chi connectivity index (χ0n) is 18.7. The van der Waals surface area contributed by atoms with E-state index < -0.39 is 0 Å². The molecule has 0 radical (unpaired) electrons. The minimum atomic E-state index is 0.0287. The molecular weight excluding hydrogens is 418 g/mol. The molecule has 1 atom stereocenters. The van der Waals surface area contributed by atoms with E-state index in [1.165, 1.54) is 0 Å². The number of likely N-dealkylation sites (tertiary alicyclic amines) is 1. The van der Waals surface area contributed by atoms with Crippen LogP contribution < -0.4 is 10.1 Å². The summed E-state index contributed by atoms with van der Waals surface area (Å²) in [6.45, 7) is 3.92. The van der Waals surface area contributed by atoms with Crippen LogP contribution in [0.4, 0.5) is 5.82 Å². The average Bonchev–Trinajstić information content (AvgIpc) is 3.46. The fraction of sp³-hybridized carbons (Fsp3) is 0.375. The number of ether oxygens (including phenoxy) is 1. The van der Waals surface area contributed by atoms with Gasteiger partial charge in [0.05, 0.1) is 6.20 Å². The molecule has 4 aromatic rings. The Balaban J connectivity index is 1.35. The molecule has 168 valence electrons. The number of anilines is 1. The maximum absolute atomic E-state index is 12.2. The highest BCUT2D eigenvalue weighted by atomic mass is 16.5. The zero-order valence-corrected chi connectivity index (χ0v) is 18.7. The van der Waals surface area contributed by atoms with Crippen molar-refractivity contribution in [3.8, 4) is 17.1 Å². The number of amides is 1. The Morgan fingerprint density at radius 1 is 1.15 bits per heavy atom. The lowest BCUT2D eigenvalue weighted by Gasteiger charge is -2.13. The van der Waals surface area contributed by atoms with Gasteiger partial charge in [-0.2, -0.15) is 0 Å². The zero-order chi connectivity index (χ0) is 22.5. The Labute approximate surface area is 190 Å². The van der Waals surface area contributed by atoms with E-state index in [0.717, 1.165) is 65.8 Å². The van der Waals surface area contributed by atoms with Crippen LogP contribution in [0.25, 0.3) is 27.8 Å². The van der Waals surface area contributed by atoms with Gasteiger partial charge in [0.15, 0.2) is 11.5 Å². The van der Waals surface area contributed by atoms with Crippen LogP contribution in [0, 0.1) is 12.8 Å². The second kappa shape index (κ2) is 7.77. The molecule has 0 unspecified atom stereocenters. The molecule has 9 nitrogen and oxygen atoms in total. The van der Waals surface area contributed by atoms with Crippen molar-refractivity contribution in [3.05, 3.63) is 42.5 Å². The Morgan fingerprint density at radius 3 is 2.82 bits per heavy atom. The van der Waals surface area contributed by atoms with E-state index in [4.69, 9.17) is 14.8 Å². The topological polar surface area (TPSA) is 97.5 Å². The predicted octanol–water partition coefficient (Wildman–Crippen LogP) is 3.08. The van der Waals surface area contributed by atoms with Crippen LogP contribution in [0.1, 0.15) is 25.0 Å². The highest BCUT2D eigenvalue weighted by Crippen LogP contribution is 2.32. The van der Waals surface area contributed by atoms with Crippen molar-refractivity contribution >= 4 is 28.1 Å². The van der Waals surface area contributed by atoms with E-state index in [1.54, 1.807) is 16.9 Å². The van der Waals surface area contributed by atoms with Crippen molar-refractivity contribution in [2.45, 2.75) is 32.3 Å². The molecule has 0 aromatic carbocycles. The van der Waals surface area contributed by atoms with E-state index in [1.807, 2.05) is 31.3 Å². The second-order valence-electron chi connectivity index (χ2n) is 9.03. The molecule has 5 heterocycles. The van der Waals surface area contributed by atoms with Gasteiger partial charge in [0.2, 0.25) is 5.91 Å². The fourth-order valence-corrected chi connectivity index (χ4v) is 4.32. The summed E-state index contributed by atoms with van der Waals surface area (Å²) in [7, 11) is 2.11. The minimum absolute atomic E-state index is 0.0287. The van der Waals surface area contributed by atoms with Gasteiger partial charge in [-0.05, 0) is 51.4 Å². The molecule has 1 saturated heterocycles. The smallest absolute Gasteiger partial charge is 0.228 e. The van der Waals surface area contributed by atoms with Gasteiger partial charge < -0.3 is 15.0 Å². The van der Waals surface area contributed by atoms with Crippen LogP contribution in [0.15, 0.2) is 36.8 Å². The van der Waals surface area contributed by atoms with Crippen LogP contribution in [-0.2, 0) is 4.79 Å². The number of hydrogen-bond acceptors (Lipinski definition) is 7. The maximum atomic E-state index is 12.2. The molecule has 4 aromatic heterocycles. The van der Waals surface area contributed by atoms with E-state index in [2.05, 4.69) is 27.2 Å². The third kappa shape index (κ3) is 3.89. The Morgan fingerprint density at radius 2 is 2.03 bits per heavy atom. The Kier molecular flexibility index (Phi) is 4.72. The number of hydrogen-bond donors (Lipinski definition) is 1. The molecule has 9 heteroatoms. The van der Waals surface area contributed by atoms with Gasteiger partial charge in [0, 0.05) is 53.4 Å². The number of pyridine rings is 3. The number of nitrogens with zero attached hydrogens (tertiary/aromatic N) is 6. The summed E-state index contributed by atoms with van der Waals surface area (Å²) in [5.41, 5.74) is 2.39. The Hall–Kier alpha value is -3.59. The largest absolute Gasteiger partial charge is 0.487 e. The third-order valence-electron chi connectivity index (χ3n) is 6.37. The van der Waals surface area contributed by atoms with Crippen LogP contribution in [-0.4, -0.2) is 61.6 Å². The molecule has 2 fully saturated rings. The molecule has 0 spiro atoms. The van der Waals surface area contributed by atoms with Gasteiger partial charge in [0.1, 0.15) is 17.7 Å². The first kappa shape index (κ1) is 20.0. The molecule has 1 amide bonds. The van der Waals surface area contributed by atoms with Crippen molar-refractivity contribution in [2.24, 2.45) is 5.92 Å². The lowest BCUT2D eigenvalue weighted by atomic mass is 10.1. The van der Waals surface area contributed by atoms with Crippen LogP contribution in [0.5, 0.6) is 5.75 Å². The number of carbonyl (C=O) groups excluding carboxylic acids is 1. The SMILES string of the molecule is Cc1ncc(-c2nc3ccc(O[C@@H]4CCN(C)C4)cn3n2)c2cc(NC(=O)C3CC3)ncc12. The third-order valence-corrected chi connectivity index (χ3v) is 6.37. The van der Waals surface area contributed by atoms with Gasteiger partial charge in [-0.1, -0.05) is 0 Å². The first-order valence-corrected chi connectivity index (χ1v) is 11.3. The van der Waals surface area contributed by atoms with Crippen molar-refractivity contribution in [2.75, 3.05) is 25.5 Å². The monoisotopic (exact) mass is 443 g/mol. The minimum Gasteiger partial charge on any atom is -0.487 e. The van der Waals surface area contributed by atoms with Crippen molar-refractivity contribution < 1.29 is 9.53 Å². The van der Waals surface area contributed by atoms with Gasteiger partial charge in [-0.3, -0.25) is 9.78 Å². The number of likely N-dealkylation sites (N-methyl/N-ethyl adjacent to an activating group) is 1. The summed E-state index contributed by atoms with van der Waals surface area (Å²) >= 11 is 0. The number of rotatable bonds is 5. The standard InChI is InChI=1S/C24H25N7O2/c1-14-19-10-26-21(27-24(32)15-3-4-15)9-18(19)20(11-25-14)23-28-22-6-5-16(13-31(22)29-23)33-17-7-8-30(2)12-17/h5-6,9-11,13,15,17H,3-4,7-8,12H2,1-2H3,(H,26,27,32)/t17-/m1/s1. The lowest BCUT2D eigenvalue weighted by molar-refractivity contribution is -0.117.